The zero-order chi connectivity index (χ0) is 16.3. The van der Waals surface area contributed by atoms with E-state index in [1.807, 2.05) is 30.3 Å². The first-order valence-electron chi connectivity index (χ1n) is 7.06. The summed E-state index contributed by atoms with van der Waals surface area (Å²) in [7, 11) is 0. The van der Waals surface area contributed by atoms with Gasteiger partial charge >= 0.3 is 0 Å². The lowest BCUT2D eigenvalue weighted by molar-refractivity contribution is 1.00. The summed E-state index contributed by atoms with van der Waals surface area (Å²) in [5.74, 6) is 0.541. The average Bonchev–Trinajstić information content (AvgIpc) is 3.10. The van der Waals surface area contributed by atoms with Gasteiger partial charge in [0.05, 0.1) is 16.1 Å². The number of fused-ring (bicyclic) bond motifs is 4. The zero-order valence-corrected chi connectivity index (χ0v) is 14.3. The molecule has 3 aromatic heterocycles. The fourth-order valence-corrected chi connectivity index (χ4v) is 3.93. The van der Waals surface area contributed by atoms with E-state index in [9.17, 15) is 0 Å². The third-order valence-corrected chi connectivity index (χ3v) is 5.12. The van der Waals surface area contributed by atoms with Gasteiger partial charge < -0.3 is 0 Å². The molecule has 0 aliphatic heterocycles. The van der Waals surface area contributed by atoms with Gasteiger partial charge in [-0.2, -0.15) is 9.50 Å². The van der Waals surface area contributed by atoms with Crippen molar-refractivity contribution in [3.05, 3.63) is 52.5 Å². The number of halogens is 2. The van der Waals surface area contributed by atoms with E-state index >= 15 is 0 Å². The van der Waals surface area contributed by atoms with E-state index in [1.54, 1.807) is 16.6 Å². The maximum absolute atomic E-state index is 6.26. The highest BCUT2D eigenvalue weighted by Crippen LogP contribution is 2.31. The number of aromatic nitrogens is 5. The predicted molar refractivity (Wildman–Crippen MR) is 96.9 cm³/mol. The standard InChI is InChI=1S/C16H7Cl2N5S/c17-8-5-6-9(10(18)7-8)13-21-16-23(22-13)14-15(24-16)20-12-4-2-1-3-11(12)19-14/h1-7H. The molecule has 2 aromatic carbocycles. The molecule has 0 fully saturated rings. The van der Waals surface area contributed by atoms with Crippen LogP contribution < -0.4 is 0 Å². The van der Waals surface area contributed by atoms with Crippen molar-refractivity contribution >= 4 is 61.0 Å². The first-order valence-corrected chi connectivity index (χ1v) is 8.64. The van der Waals surface area contributed by atoms with Gasteiger partial charge in [-0.15, -0.1) is 5.10 Å². The van der Waals surface area contributed by atoms with Crippen molar-refractivity contribution in [2.45, 2.75) is 0 Å². The van der Waals surface area contributed by atoms with Gasteiger partial charge in [0, 0.05) is 10.6 Å². The quantitative estimate of drug-likeness (QED) is 0.422. The zero-order valence-electron chi connectivity index (χ0n) is 11.9. The van der Waals surface area contributed by atoms with Crippen molar-refractivity contribution in [1.82, 2.24) is 24.6 Å². The third-order valence-electron chi connectivity index (χ3n) is 3.66. The summed E-state index contributed by atoms with van der Waals surface area (Å²) in [4.78, 5) is 15.4. The van der Waals surface area contributed by atoms with E-state index in [-0.39, 0.29) is 0 Å². The van der Waals surface area contributed by atoms with E-state index in [0.717, 1.165) is 26.4 Å². The minimum absolute atomic E-state index is 0.515. The molecule has 0 amide bonds. The van der Waals surface area contributed by atoms with Crippen molar-refractivity contribution in [2.75, 3.05) is 0 Å². The molecule has 0 radical (unpaired) electrons. The maximum Gasteiger partial charge on any atom is 0.216 e. The van der Waals surface area contributed by atoms with Crippen LogP contribution in [-0.4, -0.2) is 24.6 Å². The highest BCUT2D eigenvalue weighted by molar-refractivity contribution is 7.23. The average molecular weight is 372 g/mol. The van der Waals surface area contributed by atoms with Crippen molar-refractivity contribution in [1.29, 1.82) is 0 Å². The number of para-hydroxylation sites is 2. The number of hydrogen-bond acceptors (Lipinski definition) is 5. The van der Waals surface area contributed by atoms with Crippen LogP contribution >= 0.6 is 34.5 Å². The van der Waals surface area contributed by atoms with Gasteiger partial charge in [0.15, 0.2) is 16.3 Å². The number of rotatable bonds is 1. The highest BCUT2D eigenvalue weighted by Gasteiger charge is 2.16. The second-order valence-electron chi connectivity index (χ2n) is 5.20. The third kappa shape index (κ3) is 2.07. The first kappa shape index (κ1) is 14.1. The summed E-state index contributed by atoms with van der Waals surface area (Å²) in [6, 6.07) is 13.0. The van der Waals surface area contributed by atoms with Gasteiger partial charge in [0.1, 0.15) is 0 Å². The Morgan fingerprint density at radius 2 is 1.71 bits per heavy atom. The van der Waals surface area contributed by atoms with Gasteiger partial charge in [0.25, 0.3) is 0 Å². The molecule has 0 unspecified atom stereocenters. The summed E-state index contributed by atoms with van der Waals surface area (Å²) in [6.45, 7) is 0. The topological polar surface area (TPSA) is 56.0 Å². The Bertz CT molecular complexity index is 1240. The number of nitrogens with zero attached hydrogens (tertiary/aromatic N) is 5. The molecule has 5 aromatic rings. The SMILES string of the molecule is Clc1ccc(-c2nc3sc4nc5ccccc5nc4n3n2)c(Cl)c1. The van der Waals surface area contributed by atoms with Crippen LogP contribution in [0.1, 0.15) is 0 Å². The monoisotopic (exact) mass is 371 g/mol. The van der Waals surface area contributed by atoms with Gasteiger partial charge in [-0.05, 0) is 30.3 Å². The lowest BCUT2D eigenvalue weighted by Crippen LogP contribution is -1.91. The van der Waals surface area contributed by atoms with E-state index in [2.05, 4.69) is 20.1 Å². The van der Waals surface area contributed by atoms with Gasteiger partial charge in [-0.3, -0.25) is 0 Å². The fraction of sp³-hybridized carbons (Fsp3) is 0. The van der Waals surface area contributed by atoms with Gasteiger partial charge in [0.2, 0.25) is 4.96 Å². The minimum atomic E-state index is 0.515. The Hall–Kier alpha value is -2.28. The molecule has 116 valence electrons. The summed E-state index contributed by atoms with van der Waals surface area (Å²) >= 11 is 13.7. The fourth-order valence-electron chi connectivity index (χ4n) is 2.55. The Kier molecular flexibility index (Phi) is 3.00. The van der Waals surface area contributed by atoms with Crippen LogP contribution in [0.25, 0.3) is 37.9 Å². The summed E-state index contributed by atoms with van der Waals surface area (Å²) in [5.41, 5.74) is 3.11. The van der Waals surface area contributed by atoms with Crippen molar-refractivity contribution in [2.24, 2.45) is 0 Å². The molecular formula is C16H7Cl2N5S. The van der Waals surface area contributed by atoms with E-state index in [4.69, 9.17) is 23.2 Å². The molecule has 3 heterocycles. The Labute approximate surface area is 149 Å². The van der Waals surface area contributed by atoms with Crippen molar-refractivity contribution in [3.63, 3.8) is 0 Å². The van der Waals surface area contributed by atoms with Crippen LogP contribution in [0.2, 0.25) is 10.0 Å². The summed E-state index contributed by atoms with van der Waals surface area (Å²) in [6.07, 6.45) is 0. The molecule has 0 spiro atoms. The molecule has 5 nitrogen and oxygen atoms in total. The number of thiazole rings is 1. The summed E-state index contributed by atoms with van der Waals surface area (Å²) in [5, 5.41) is 5.65. The minimum Gasteiger partial charge on any atom is -0.232 e. The lowest BCUT2D eigenvalue weighted by Gasteiger charge is -1.99. The van der Waals surface area contributed by atoms with Crippen LogP contribution in [0.3, 0.4) is 0 Å². The van der Waals surface area contributed by atoms with Crippen LogP contribution in [0.5, 0.6) is 0 Å². The normalized spacial score (nSPS) is 11.8. The summed E-state index contributed by atoms with van der Waals surface area (Å²) < 4.78 is 1.71. The Morgan fingerprint density at radius 3 is 2.50 bits per heavy atom. The van der Waals surface area contributed by atoms with E-state index in [0.29, 0.717) is 21.5 Å². The van der Waals surface area contributed by atoms with Crippen LogP contribution in [-0.2, 0) is 0 Å². The van der Waals surface area contributed by atoms with Crippen LogP contribution in [0.15, 0.2) is 42.5 Å². The molecule has 8 heteroatoms. The number of hydrogen-bond donors (Lipinski definition) is 0. The molecule has 24 heavy (non-hydrogen) atoms. The molecule has 0 saturated heterocycles. The van der Waals surface area contributed by atoms with Gasteiger partial charge in [-0.25, -0.2) is 9.97 Å². The van der Waals surface area contributed by atoms with Crippen molar-refractivity contribution < 1.29 is 0 Å². The molecular weight excluding hydrogens is 365 g/mol. The molecule has 0 aliphatic rings. The maximum atomic E-state index is 6.26. The molecule has 0 atom stereocenters. The van der Waals surface area contributed by atoms with E-state index in [1.165, 1.54) is 11.3 Å². The largest absolute Gasteiger partial charge is 0.232 e. The molecule has 0 saturated carbocycles. The smallest absolute Gasteiger partial charge is 0.216 e. The van der Waals surface area contributed by atoms with Crippen LogP contribution in [0.4, 0.5) is 0 Å². The molecule has 0 bridgehead atoms. The lowest BCUT2D eigenvalue weighted by atomic mass is 10.2. The van der Waals surface area contributed by atoms with E-state index < -0.39 is 0 Å². The Morgan fingerprint density at radius 1 is 0.917 bits per heavy atom. The molecule has 5 rings (SSSR count). The van der Waals surface area contributed by atoms with Gasteiger partial charge in [-0.1, -0.05) is 46.7 Å². The van der Waals surface area contributed by atoms with Crippen molar-refractivity contribution in [3.8, 4) is 11.4 Å². The first-order chi connectivity index (χ1) is 11.7. The predicted octanol–water partition coefficient (Wildman–Crippen LogP) is 4.86. The van der Waals surface area contributed by atoms with Crippen LogP contribution in [0, 0.1) is 0 Å². The Balaban J connectivity index is 1.77. The molecule has 0 aliphatic carbocycles. The second-order valence-corrected chi connectivity index (χ2v) is 7.00. The number of benzene rings is 2. The molecule has 0 N–H and O–H groups in total. The highest BCUT2D eigenvalue weighted by atomic mass is 35.5. The second kappa shape index (κ2) is 5.11.